The monoisotopic (exact) mass is 359 g/mol. The Morgan fingerprint density at radius 2 is 1.89 bits per heavy atom. The summed E-state index contributed by atoms with van der Waals surface area (Å²) in [6, 6.07) is 16.7. The van der Waals surface area contributed by atoms with E-state index < -0.39 is 0 Å². The Hall–Kier alpha value is -2.88. The largest absolute Gasteiger partial charge is 0.345 e. The van der Waals surface area contributed by atoms with Gasteiger partial charge in [-0.15, -0.1) is 0 Å². The molecule has 4 rings (SSSR count). The smallest absolute Gasteiger partial charge is 0.254 e. The van der Waals surface area contributed by atoms with Crippen molar-refractivity contribution in [1.29, 1.82) is 0 Å². The molecular weight excluding hydrogens is 334 g/mol. The van der Waals surface area contributed by atoms with E-state index in [4.69, 9.17) is 0 Å². The van der Waals surface area contributed by atoms with Crippen molar-refractivity contribution >= 4 is 5.91 Å². The molecule has 0 fully saturated rings. The highest BCUT2D eigenvalue weighted by atomic mass is 16.1. The Bertz CT molecular complexity index is 930. The summed E-state index contributed by atoms with van der Waals surface area (Å²) < 4.78 is 1.80. The average molecular weight is 359 g/mol. The molecule has 1 unspecified atom stereocenters. The molecule has 1 amide bonds. The molecule has 0 aliphatic heterocycles. The van der Waals surface area contributed by atoms with Gasteiger partial charge in [0.2, 0.25) is 0 Å². The molecule has 1 aliphatic rings. The maximum absolute atomic E-state index is 12.6. The van der Waals surface area contributed by atoms with E-state index >= 15 is 0 Å². The van der Waals surface area contributed by atoms with Gasteiger partial charge in [0.25, 0.3) is 5.91 Å². The highest BCUT2D eigenvalue weighted by Gasteiger charge is 2.16. The fraction of sp³-hybridized carbons (Fsp3) is 0.304. The molecule has 27 heavy (non-hydrogen) atoms. The molecule has 138 valence electrons. The van der Waals surface area contributed by atoms with Gasteiger partial charge in [-0.1, -0.05) is 48.5 Å². The second kappa shape index (κ2) is 7.78. The Morgan fingerprint density at radius 3 is 2.70 bits per heavy atom. The summed E-state index contributed by atoms with van der Waals surface area (Å²) >= 11 is 0. The van der Waals surface area contributed by atoms with Crippen LogP contribution in [-0.4, -0.2) is 15.7 Å². The van der Waals surface area contributed by atoms with Crippen LogP contribution in [-0.2, 0) is 19.4 Å². The lowest BCUT2D eigenvalue weighted by atomic mass is 9.89. The zero-order valence-electron chi connectivity index (χ0n) is 15.7. The maximum atomic E-state index is 12.6. The molecule has 1 atom stereocenters. The van der Waals surface area contributed by atoms with Crippen LogP contribution in [0.15, 0.2) is 60.9 Å². The number of carbonyl (C=O) groups is 1. The molecule has 3 aromatic rings. The van der Waals surface area contributed by atoms with Crippen LogP contribution in [0.5, 0.6) is 0 Å². The van der Waals surface area contributed by atoms with Crippen LogP contribution in [0.4, 0.5) is 0 Å². The van der Waals surface area contributed by atoms with Crippen LogP contribution in [0.25, 0.3) is 0 Å². The van der Waals surface area contributed by atoms with Gasteiger partial charge in [-0.05, 0) is 54.9 Å². The van der Waals surface area contributed by atoms with Crippen LogP contribution >= 0.6 is 0 Å². The number of aryl methyl sites for hydroxylation is 2. The van der Waals surface area contributed by atoms with Crippen molar-refractivity contribution in [2.75, 3.05) is 0 Å². The number of hydrogen-bond donors (Lipinski definition) is 1. The fourth-order valence-corrected chi connectivity index (χ4v) is 3.72. The molecular formula is C23H25N3O. The zero-order valence-corrected chi connectivity index (χ0v) is 15.7. The van der Waals surface area contributed by atoms with E-state index in [0.717, 1.165) is 12.0 Å². The quantitative estimate of drug-likeness (QED) is 0.738. The van der Waals surface area contributed by atoms with Gasteiger partial charge in [0.05, 0.1) is 24.3 Å². The summed E-state index contributed by atoms with van der Waals surface area (Å²) in [5, 5.41) is 7.43. The topological polar surface area (TPSA) is 46.9 Å². The number of hydrogen-bond acceptors (Lipinski definition) is 2. The van der Waals surface area contributed by atoms with Gasteiger partial charge in [-0.3, -0.25) is 9.48 Å². The standard InChI is InChI=1S/C23H25N3O/c1-17(20-12-11-19-9-5-6-10-21(19)13-20)25-23(27)22-14-24-26(16-22)15-18-7-3-2-4-8-18/h2-4,7-8,11-14,16-17H,5-6,9-10,15H2,1H3,(H,25,27). The minimum Gasteiger partial charge on any atom is -0.345 e. The van der Waals surface area contributed by atoms with Crippen molar-refractivity contribution in [2.24, 2.45) is 0 Å². The number of rotatable bonds is 5. The van der Waals surface area contributed by atoms with E-state index in [1.54, 1.807) is 10.9 Å². The molecule has 2 aromatic carbocycles. The van der Waals surface area contributed by atoms with Crippen LogP contribution in [0, 0.1) is 0 Å². The number of nitrogens with one attached hydrogen (secondary N) is 1. The Kier molecular flexibility index (Phi) is 5.05. The van der Waals surface area contributed by atoms with Crippen molar-refractivity contribution in [3.63, 3.8) is 0 Å². The number of nitrogens with zero attached hydrogens (tertiary/aromatic N) is 2. The van der Waals surface area contributed by atoms with E-state index in [1.165, 1.54) is 36.0 Å². The summed E-state index contributed by atoms with van der Waals surface area (Å²) in [5.74, 6) is -0.0838. The first-order chi connectivity index (χ1) is 13.2. The van der Waals surface area contributed by atoms with Gasteiger partial charge in [0.1, 0.15) is 0 Å². The molecule has 0 radical (unpaired) electrons. The zero-order chi connectivity index (χ0) is 18.6. The lowest BCUT2D eigenvalue weighted by Gasteiger charge is -2.20. The van der Waals surface area contributed by atoms with Crippen LogP contribution < -0.4 is 5.32 Å². The van der Waals surface area contributed by atoms with Crippen molar-refractivity contribution in [3.05, 3.63) is 88.7 Å². The Balaban J connectivity index is 1.41. The maximum Gasteiger partial charge on any atom is 0.254 e. The Morgan fingerprint density at radius 1 is 1.11 bits per heavy atom. The highest BCUT2D eigenvalue weighted by Crippen LogP contribution is 2.25. The summed E-state index contributed by atoms with van der Waals surface area (Å²) in [7, 11) is 0. The third-order valence-electron chi connectivity index (χ3n) is 5.30. The number of benzene rings is 2. The van der Waals surface area contributed by atoms with Crippen molar-refractivity contribution in [1.82, 2.24) is 15.1 Å². The SMILES string of the molecule is CC(NC(=O)c1cnn(Cc2ccccc2)c1)c1ccc2c(c1)CCCC2. The van der Waals surface area contributed by atoms with Gasteiger partial charge in [0.15, 0.2) is 0 Å². The molecule has 0 saturated heterocycles. The van der Waals surface area contributed by atoms with E-state index in [-0.39, 0.29) is 11.9 Å². The summed E-state index contributed by atoms with van der Waals surface area (Å²) in [6.45, 7) is 2.70. The molecule has 4 nitrogen and oxygen atoms in total. The van der Waals surface area contributed by atoms with Gasteiger partial charge >= 0.3 is 0 Å². The molecule has 1 aliphatic carbocycles. The third kappa shape index (κ3) is 4.11. The normalized spacial score (nSPS) is 14.4. The van der Waals surface area contributed by atoms with E-state index in [1.807, 2.05) is 31.3 Å². The second-order valence-electron chi connectivity index (χ2n) is 7.34. The first-order valence-electron chi connectivity index (χ1n) is 9.68. The van der Waals surface area contributed by atoms with Crippen LogP contribution in [0.3, 0.4) is 0 Å². The molecule has 1 N–H and O–H groups in total. The minimum absolute atomic E-state index is 0.0257. The lowest BCUT2D eigenvalue weighted by Crippen LogP contribution is -2.26. The van der Waals surface area contributed by atoms with Crippen molar-refractivity contribution in [3.8, 4) is 0 Å². The second-order valence-corrected chi connectivity index (χ2v) is 7.34. The highest BCUT2D eigenvalue weighted by molar-refractivity contribution is 5.93. The Labute approximate surface area is 160 Å². The number of amides is 1. The van der Waals surface area contributed by atoms with Gasteiger partial charge < -0.3 is 5.32 Å². The molecule has 1 aromatic heterocycles. The predicted octanol–water partition coefficient (Wildman–Crippen LogP) is 4.30. The van der Waals surface area contributed by atoms with Crippen LogP contribution in [0.1, 0.15) is 58.4 Å². The minimum atomic E-state index is -0.0838. The summed E-state index contributed by atoms with van der Waals surface area (Å²) in [6.07, 6.45) is 8.32. The number of carbonyl (C=O) groups excluding carboxylic acids is 1. The predicted molar refractivity (Wildman–Crippen MR) is 107 cm³/mol. The van der Waals surface area contributed by atoms with Gasteiger partial charge in [-0.25, -0.2) is 0 Å². The number of fused-ring (bicyclic) bond motifs is 1. The van der Waals surface area contributed by atoms with Gasteiger partial charge in [-0.2, -0.15) is 5.10 Å². The van der Waals surface area contributed by atoms with E-state index in [2.05, 4.69) is 40.7 Å². The average Bonchev–Trinajstić information content (AvgIpc) is 3.17. The molecule has 0 spiro atoms. The first kappa shape index (κ1) is 17.5. The third-order valence-corrected chi connectivity index (χ3v) is 5.30. The van der Waals surface area contributed by atoms with Crippen molar-refractivity contribution in [2.45, 2.75) is 45.2 Å². The van der Waals surface area contributed by atoms with E-state index in [9.17, 15) is 4.79 Å². The number of aromatic nitrogens is 2. The molecule has 0 bridgehead atoms. The van der Waals surface area contributed by atoms with E-state index in [0.29, 0.717) is 12.1 Å². The van der Waals surface area contributed by atoms with Crippen molar-refractivity contribution < 1.29 is 4.79 Å². The molecule has 4 heteroatoms. The summed E-state index contributed by atoms with van der Waals surface area (Å²) in [4.78, 5) is 12.6. The first-order valence-corrected chi connectivity index (χ1v) is 9.68. The van der Waals surface area contributed by atoms with Crippen LogP contribution in [0.2, 0.25) is 0 Å². The molecule has 0 saturated carbocycles. The summed E-state index contributed by atoms with van der Waals surface area (Å²) in [5.41, 5.74) is 5.83. The molecule has 1 heterocycles. The fourth-order valence-electron chi connectivity index (χ4n) is 3.72. The van der Waals surface area contributed by atoms with Gasteiger partial charge in [0, 0.05) is 6.20 Å². The lowest BCUT2D eigenvalue weighted by molar-refractivity contribution is 0.0940.